The third-order valence-electron chi connectivity index (χ3n) is 2.09. The highest BCUT2D eigenvalue weighted by molar-refractivity contribution is 5.42. The molecule has 1 rings (SSSR count). The van der Waals surface area contributed by atoms with Crippen LogP contribution in [0.2, 0.25) is 0 Å². The third kappa shape index (κ3) is 3.04. The number of hydrogen-bond donors (Lipinski definition) is 3. The van der Waals surface area contributed by atoms with E-state index in [2.05, 4.69) is 10.0 Å². The van der Waals surface area contributed by atoms with E-state index in [-0.39, 0.29) is 5.69 Å². The summed E-state index contributed by atoms with van der Waals surface area (Å²) in [6, 6.07) is 1.64. The van der Waals surface area contributed by atoms with Gasteiger partial charge in [-0.2, -0.15) is 0 Å². The minimum absolute atomic E-state index is 0.138. The van der Waals surface area contributed by atoms with E-state index in [4.69, 9.17) is 11.3 Å². The zero-order valence-electron chi connectivity index (χ0n) is 8.59. The fourth-order valence-electron chi connectivity index (χ4n) is 1.30. The molecule has 92 valence electrons. The molecule has 0 aromatic heterocycles. The van der Waals surface area contributed by atoms with Crippen molar-refractivity contribution in [3.63, 3.8) is 0 Å². The van der Waals surface area contributed by atoms with Crippen LogP contribution < -0.4 is 5.73 Å². The van der Waals surface area contributed by atoms with Crippen LogP contribution in [0.5, 0.6) is 0 Å². The van der Waals surface area contributed by atoms with Crippen molar-refractivity contribution in [2.45, 2.75) is 12.2 Å². The molecule has 2 unspecified atom stereocenters. The zero-order valence-corrected chi connectivity index (χ0v) is 8.59. The Labute approximate surface area is 94.9 Å². The van der Waals surface area contributed by atoms with Crippen LogP contribution in [0.3, 0.4) is 0 Å². The number of rotatable bonds is 4. The van der Waals surface area contributed by atoms with Crippen LogP contribution >= 0.6 is 0 Å². The highest BCUT2D eigenvalue weighted by atomic mass is 19.1. The van der Waals surface area contributed by atoms with Crippen LogP contribution in [0.25, 0.3) is 10.4 Å². The average Bonchev–Trinajstić information content (AvgIpc) is 2.24. The number of aliphatic hydroxyl groups excluding tert-OH is 2. The molecular formula is C9H10F2N4O2. The van der Waals surface area contributed by atoms with Crippen molar-refractivity contribution >= 4 is 5.69 Å². The summed E-state index contributed by atoms with van der Waals surface area (Å²) in [7, 11) is 0. The van der Waals surface area contributed by atoms with E-state index in [1.54, 1.807) is 0 Å². The molecule has 0 heterocycles. The number of halogens is 2. The Balaban J connectivity index is 3.03. The topological polar surface area (TPSA) is 115 Å². The monoisotopic (exact) mass is 244 g/mol. The highest BCUT2D eigenvalue weighted by Crippen LogP contribution is 2.25. The molecule has 8 heteroatoms. The molecule has 0 radical (unpaired) electrons. The zero-order chi connectivity index (χ0) is 13.0. The van der Waals surface area contributed by atoms with Crippen molar-refractivity contribution in [1.82, 2.24) is 0 Å². The SMILES string of the molecule is [N-]=[N+]=NCC(O)C(O)c1c(F)cc(N)cc1F. The maximum Gasteiger partial charge on any atom is 0.134 e. The lowest BCUT2D eigenvalue weighted by atomic mass is 10.0. The molecule has 0 spiro atoms. The minimum Gasteiger partial charge on any atom is -0.399 e. The van der Waals surface area contributed by atoms with E-state index in [0.717, 1.165) is 12.1 Å². The van der Waals surface area contributed by atoms with Crippen LogP contribution in [0.15, 0.2) is 17.2 Å². The molecule has 1 aromatic rings. The van der Waals surface area contributed by atoms with Gasteiger partial charge in [0.1, 0.15) is 17.7 Å². The van der Waals surface area contributed by atoms with Gasteiger partial charge in [-0.25, -0.2) is 8.78 Å². The van der Waals surface area contributed by atoms with Gasteiger partial charge in [-0.3, -0.25) is 0 Å². The lowest BCUT2D eigenvalue weighted by molar-refractivity contribution is 0.0200. The molecule has 0 amide bonds. The lowest BCUT2D eigenvalue weighted by Crippen LogP contribution is -2.23. The number of benzene rings is 1. The quantitative estimate of drug-likeness (QED) is 0.320. The number of nitrogen functional groups attached to an aromatic ring is 1. The largest absolute Gasteiger partial charge is 0.399 e. The molecule has 0 aliphatic rings. The summed E-state index contributed by atoms with van der Waals surface area (Å²) in [5.74, 6) is -2.15. The molecule has 0 saturated carbocycles. The van der Waals surface area contributed by atoms with Crippen LogP contribution in [0, 0.1) is 11.6 Å². The van der Waals surface area contributed by atoms with Crippen LogP contribution in [-0.2, 0) is 0 Å². The highest BCUT2D eigenvalue weighted by Gasteiger charge is 2.25. The van der Waals surface area contributed by atoms with Gasteiger partial charge in [0.2, 0.25) is 0 Å². The normalized spacial score (nSPS) is 13.9. The first kappa shape index (κ1) is 13.2. The molecule has 0 bridgehead atoms. The van der Waals surface area contributed by atoms with Gasteiger partial charge < -0.3 is 15.9 Å². The predicted molar refractivity (Wildman–Crippen MR) is 55.8 cm³/mol. The summed E-state index contributed by atoms with van der Waals surface area (Å²) in [5, 5.41) is 21.9. The Hall–Kier alpha value is -1.89. The van der Waals surface area contributed by atoms with Crippen molar-refractivity contribution in [1.29, 1.82) is 0 Å². The Morgan fingerprint density at radius 3 is 2.35 bits per heavy atom. The van der Waals surface area contributed by atoms with Crippen molar-refractivity contribution in [3.8, 4) is 0 Å². The van der Waals surface area contributed by atoms with Crippen LogP contribution in [0.1, 0.15) is 11.7 Å². The lowest BCUT2D eigenvalue weighted by Gasteiger charge is -2.17. The van der Waals surface area contributed by atoms with Crippen LogP contribution in [-0.4, -0.2) is 22.9 Å². The second kappa shape index (κ2) is 5.44. The second-order valence-corrected chi connectivity index (χ2v) is 3.32. The van der Waals surface area contributed by atoms with Crippen molar-refractivity contribution < 1.29 is 19.0 Å². The molecule has 0 aliphatic heterocycles. The average molecular weight is 244 g/mol. The van der Waals surface area contributed by atoms with Gasteiger partial charge in [0, 0.05) is 10.6 Å². The standard InChI is InChI=1S/C9H10F2N4O2/c10-5-1-4(12)2-6(11)8(5)9(17)7(16)3-14-15-13/h1-2,7,9,16-17H,3,12H2. The molecule has 0 fully saturated rings. The van der Waals surface area contributed by atoms with Gasteiger partial charge in [0.15, 0.2) is 0 Å². The van der Waals surface area contributed by atoms with Gasteiger partial charge in [-0.15, -0.1) is 0 Å². The Morgan fingerprint density at radius 1 is 1.35 bits per heavy atom. The summed E-state index contributed by atoms with van der Waals surface area (Å²) >= 11 is 0. The van der Waals surface area contributed by atoms with E-state index < -0.39 is 36.0 Å². The van der Waals surface area contributed by atoms with Gasteiger partial charge in [-0.1, -0.05) is 5.11 Å². The molecule has 4 N–H and O–H groups in total. The first-order chi connectivity index (χ1) is 7.97. The molecule has 1 aromatic carbocycles. The van der Waals surface area contributed by atoms with Gasteiger partial charge in [-0.05, 0) is 17.7 Å². The molecule has 17 heavy (non-hydrogen) atoms. The molecule has 6 nitrogen and oxygen atoms in total. The van der Waals surface area contributed by atoms with Gasteiger partial charge in [0.25, 0.3) is 0 Å². The van der Waals surface area contributed by atoms with E-state index >= 15 is 0 Å². The Kier molecular flexibility index (Phi) is 4.22. The summed E-state index contributed by atoms with van der Waals surface area (Å²) in [6.45, 7) is -0.499. The summed E-state index contributed by atoms with van der Waals surface area (Å²) in [5.41, 5.74) is 12.4. The van der Waals surface area contributed by atoms with Gasteiger partial charge in [0.05, 0.1) is 18.2 Å². The summed E-state index contributed by atoms with van der Waals surface area (Å²) in [4.78, 5) is 2.36. The fraction of sp³-hybridized carbons (Fsp3) is 0.333. The van der Waals surface area contributed by atoms with Gasteiger partial charge >= 0.3 is 0 Å². The number of nitrogens with two attached hydrogens (primary N) is 1. The summed E-state index contributed by atoms with van der Waals surface area (Å²) < 4.78 is 26.7. The number of azide groups is 1. The number of aliphatic hydroxyl groups is 2. The van der Waals surface area contributed by atoms with Crippen molar-refractivity contribution in [2.75, 3.05) is 12.3 Å². The smallest absolute Gasteiger partial charge is 0.134 e. The van der Waals surface area contributed by atoms with E-state index in [9.17, 15) is 19.0 Å². The predicted octanol–water partition coefficient (Wildman–Crippen LogP) is 1.25. The van der Waals surface area contributed by atoms with Crippen molar-refractivity contribution in [2.24, 2.45) is 5.11 Å². The maximum atomic E-state index is 13.3. The summed E-state index contributed by atoms with van der Waals surface area (Å²) in [6.07, 6.45) is -3.43. The number of hydrogen-bond acceptors (Lipinski definition) is 4. The fourth-order valence-corrected chi connectivity index (χ4v) is 1.30. The molecule has 0 saturated heterocycles. The Bertz CT molecular complexity index is 439. The number of anilines is 1. The van der Waals surface area contributed by atoms with E-state index in [0.29, 0.717) is 0 Å². The molecular weight excluding hydrogens is 234 g/mol. The number of nitrogens with zero attached hydrogens (tertiary/aromatic N) is 3. The molecule has 2 atom stereocenters. The Morgan fingerprint density at radius 2 is 1.88 bits per heavy atom. The third-order valence-corrected chi connectivity index (χ3v) is 2.09. The second-order valence-electron chi connectivity index (χ2n) is 3.32. The minimum atomic E-state index is -1.83. The van der Waals surface area contributed by atoms with E-state index in [1.807, 2.05) is 0 Å². The maximum absolute atomic E-state index is 13.3. The molecule has 0 aliphatic carbocycles. The van der Waals surface area contributed by atoms with E-state index in [1.165, 1.54) is 0 Å². The first-order valence-electron chi connectivity index (χ1n) is 4.58. The first-order valence-corrected chi connectivity index (χ1v) is 4.58. The van der Waals surface area contributed by atoms with Crippen molar-refractivity contribution in [3.05, 3.63) is 39.8 Å². The van der Waals surface area contributed by atoms with Crippen LogP contribution in [0.4, 0.5) is 14.5 Å².